The third kappa shape index (κ3) is 4.97. The van der Waals surface area contributed by atoms with Crippen LogP contribution in [0.2, 0.25) is 0 Å². The molecular formula is C28H31NO2S. The number of para-hydroxylation sites is 1. The van der Waals surface area contributed by atoms with Gasteiger partial charge in [-0.25, -0.2) is 0 Å². The first kappa shape index (κ1) is 22.3. The summed E-state index contributed by atoms with van der Waals surface area (Å²) in [5.74, 6) is 3.75. The number of thioether (sulfide) groups is 1. The van der Waals surface area contributed by atoms with Crippen LogP contribution in [0.1, 0.15) is 25.0 Å². The lowest BCUT2D eigenvalue weighted by atomic mass is 9.87. The van der Waals surface area contributed by atoms with Crippen molar-refractivity contribution in [1.82, 2.24) is 0 Å². The molecule has 4 rings (SSSR count). The summed E-state index contributed by atoms with van der Waals surface area (Å²) in [6.45, 7) is 4.45. The maximum atomic E-state index is 5.69. The van der Waals surface area contributed by atoms with E-state index in [1.165, 1.54) is 16.7 Å². The van der Waals surface area contributed by atoms with Gasteiger partial charge in [-0.05, 0) is 55.4 Å². The number of methoxy groups -OCH3 is 2. The van der Waals surface area contributed by atoms with Crippen LogP contribution in [0.3, 0.4) is 0 Å². The lowest BCUT2D eigenvalue weighted by molar-refractivity contribution is 0.404. The summed E-state index contributed by atoms with van der Waals surface area (Å²) >= 11 is 1.99. The Bertz CT molecular complexity index is 1110. The highest BCUT2D eigenvalue weighted by molar-refractivity contribution is 7.99. The van der Waals surface area contributed by atoms with E-state index in [9.17, 15) is 0 Å². The predicted molar refractivity (Wildman–Crippen MR) is 138 cm³/mol. The van der Waals surface area contributed by atoms with Gasteiger partial charge < -0.3 is 14.8 Å². The summed E-state index contributed by atoms with van der Waals surface area (Å²) < 4.78 is 11.2. The van der Waals surface area contributed by atoms with Gasteiger partial charge in [0.25, 0.3) is 0 Å². The molecule has 0 unspecified atom stereocenters. The van der Waals surface area contributed by atoms with Crippen LogP contribution in [0, 0.1) is 0 Å². The number of fused-ring (bicyclic) bond motifs is 1. The van der Waals surface area contributed by atoms with Crippen molar-refractivity contribution >= 4 is 23.0 Å². The van der Waals surface area contributed by atoms with Crippen molar-refractivity contribution in [2.75, 3.05) is 31.0 Å². The molecule has 32 heavy (non-hydrogen) atoms. The highest BCUT2D eigenvalue weighted by Crippen LogP contribution is 2.44. The number of anilines is 1. The topological polar surface area (TPSA) is 30.5 Å². The van der Waals surface area contributed by atoms with Crippen molar-refractivity contribution in [2.45, 2.75) is 25.8 Å². The number of ether oxygens (including phenoxy) is 2. The van der Waals surface area contributed by atoms with Crippen molar-refractivity contribution in [3.63, 3.8) is 0 Å². The van der Waals surface area contributed by atoms with E-state index < -0.39 is 0 Å². The molecule has 0 bridgehead atoms. The molecule has 1 N–H and O–H groups in total. The zero-order valence-corrected chi connectivity index (χ0v) is 20.1. The molecule has 0 amide bonds. The van der Waals surface area contributed by atoms with Gasteiger partial charge in [0.05, 0.1) is 25.4 Å². The van der Waals surface area contributed by atoms with Crippen LogP contribution < -0.4 is 14.8 Å². The van der Waals surface area contributed by atoms with Crippen LogP contribution in [0.15, 0.2) is 72.8 Å². The standard InChI is InChI=1S/C28H31NO2S/c1-28(2)18-21(19-32-16-15-20-9-6-5-7-10-20)23-11-8-12-24(27(23)29-28)25-17-22(30-3)13-14-26(25)31-4/h5-14,17-18,29H,15-16,19H2,1-4H3. The van der Waals surface area contributed by atoms with Gasteiger partial charge in [0, 0.05) is 22.4 Å². The summed E-state index contributed by atoms with van der Waals surface area (Å²) in [5.41, 5.74) is 7.23. The smallest absolute Gasteiger partial charge is 0.127 e. The Balaban J connectivity index is 1.62. The molecule has 1 heterocycles. The predicted octanol–water partition coefficient (Wildman–Crippen LogP) is 6.93. The van der Waals surface area contributed by atoms with Crippen LogP contribution >= 0.6 is 11.8 Å². The maximum absolute atomic E-state index is 5.69. The minimum absolute atomic E-state index is 0.134. The minimum atomic E-state index is -0.134. The molecule has 0 saturated carbocycles. The number of hydrogen-bond acceptors (Lipinski definition) is 4. The summed E-state index contributed by atoms with van der Waals surface area (Å²) in [4.78, 5) is 0. The fourth-order valence-corrected chi connectivity index (χ4v) is 5.19. The Labute approximate surface area is 195 Å². The Kier molecular flexibility index (Phi) is 6.80. The Morgan fingerprint density at radius 3 is 2.38 bits per heavy atom. The number of rotatable bonds is 8. The fourth-order valence-electron chi connectivity index (χ4n) is 4.21. The molecule has 3 aromatic rings. The molecular weight excluding hydrogens is 414 g/mol. The summed E-state index contributed by atoms with van der Waals surface area (Å²) in [6, 6.07) is 23.2. The zero-order valence-electron chi connectivity index (χ0n) is 19.3. The molecule has 1 aliphatic rings. The molecule has 0 aliphatic carbocycles. The molecule has 1 aliphatic heterocycles. The average molecular weight is 446 g/mol. The highest BCUT2D eigenvalue weighted by Gasteiger charge is 2.27. The van der Waals surface area contributed by atoms with Crippen molar-refractivity contribution in [2.24, 2.45) is 0 Å². The molecule has 0 aromatic heterocycles. The maximum Gasteiger partial charge on any atom is 0.127 e. The first-order valence-corrected chi connectivity index (χ1v) is 12.1. The van der Waals surface area contributed by atoms with Crippen LogP contribution in [0.4, 0.5) is 5.69 Å². The second kappa shape index (κ2) is 9.74. The monoisotopic (exact) mass is 445 g/mol. The minimum Gasteiger partial charge on any atom is -0.497 e. The molecule has 0 fully saturated rings. The van der Waals surface area contributed by atoms with E-state index in [4.69, 9.17) is 9.47 Å². The Hall–Kier alpha value is -2.85. The Morgan fingerprint density at radius 1 is 0.844 bits per heavy atom. The lowest BCUT2D eigenvalue weighted by Crippen LogP contribution is -2.32. The normalized spacial score (nSPS) is 14.2. The van der Waals surface area contributed by atoms with Gasteiger partial charge in [-0.3, -0.25) is 0 Å². The zero-order chi connectivity index (χ0) is 22.6. The molecule has 166 valence electrons. The molecule has 3 aromatic carbocycles. The van der Waals surface area contributed by atoms with Crippen LogP contribution in [0.5, 0.6) is 11.5 Å². The first-order valence-electron chi connectivity index (χ1n) is 11.0. The van der Waals surface area contributed by atoms with Crippen LogP contribution in [-0.2, 0) is 6.42 Å². The molecule has 4 heteroatoms. The van der Waals surface area contributed by atoms with Crippen LogP contribution in [-0.4, -0.2) is 31.3 Å². The van der Waals surface area contributed by atoms with Crippen molar-refractivity contribution in [3.05, 3.63) is 83.9 Å². The largest absolute Gasteiger partial charge is 0.497 e. The van der Waals surface area contributed by atoms with E-state index in [1.807, 2.05) is 23.9 Å². The summed E-state index contributed by atoms with van der Waals surface area (Å²) in [7, 11) is 3.41. The first-order chi connectivity index (χ1) is 15.5. The third-order valence-corrected chi connectivity index (χ3v) is 6.73. The van der Waals surface area contributed by atoms with Gasteiger partial charge in [0.15, 0.2) is 0 Å². The van der Waals surface area contributed by atoms with E-state index in [2.05, 4.69) is 79.8 Å². The van der Waals surface area contributed by atoms with E-state index >= 15 is 0 Å². The van der Waals surface area contributed by atoms with E-state index in [0.717, 1.165) is 46.2 Å². The van der Waals surface area contributed by atoms with Gasteiger partial charge >= 0.3 is 0 Å². The number of benzene rings is 3. The van der Waals surface area contributed by atoms with Crippen molar-refractivity contribution in [3.8, 4) is 22.6 Å². The molecule has 3 nitrogen and oxygen atoms in total. The van der Waals surface area contributed by atoms with E-state index in [-0.39, 0.29) is 5.54 Å². The third-order valence-electron chi connectivity index (χ3n) is 5.72. The highest BCUT2D eigenvalue weighted by atomic mass is 32.2. The van der Waals surface area contributed by atoms with Gasteiger partial charge in [-0.1, -0.05) is 54.6 Å². The van der Waals surface area contributed by atoms with E-state index in [1.54, 1.807) is 14.2 Å². The number of nitrogens with one attached hydrogen (secondary N) is 1. The number of aryl methyl sites for hydroxylation is 1. The van der Waals surface area contributed by atoms with Gasteiger partial charge in [0.1, 0.15) is 11.5 Å². The second-order valence-electron chi connectivity index (χ2n) is 8.60. The quantitative estimate of drug-likeness (QED) is 0.381. The molecule has 0 atom stereocenters. The average Bonchev–Trinajstić information content (AvgIpc) is 2.81. The van der Waals surface area contributed by atoms with Crippen LogP contribution in [0.25, 0.3) is 16.7 Å². The molecule has 0 spiro atoms. The van der Waals surface area contributed by atoms with Gasteiger partial charge in [-0.15, -0.1) is 0 Å². The lowest BCUT2D eigenvalue weighted by Gasteiger charge is -2.34. The summed E-state index contributed by atoms with van der Waals surface area (Å²) in [6.07, 6.45) is 3.46. The summed E-state index contributed by atoms with van der Waals surface area (Å²) in [5, 5.41) is 3.76. The fraction of sp³-hybridized carbons (Fsp3) is 0.286. The van der Waals surface area contributed by atoms with Crippen molar-refractivity contribution in [1.29, 1.82) is 0 Å². The second-order valence-corrected chi connectivity index (χ2v) is 9.70. The van der Waals surface area contributed by atoms with E-state index in [0.29, 0.717) is 0 Å². The molecule has 0 radical (unpaired) electrons. The van der Waals surface area contributed by atoms with Crippen molar-refractivity contribution < 1.29 is 9.47 Å². The van der Waals surface area contributed by atoms with Gasteiger partial charge in [0.2, 0.25) is 0 Å². The van der Waals surface area contributed by atoms with Gasteiger partial charge in [-0.2, -0.15) is 11.8 Å². The molecule has 0 saturated heterocycles. The number of hydrogen-bond donors (Lipinski definition) is 1. The Morgan fingerprint density at radius 2 is 1.62 bits per heavy atom. The SMILES string of the molecule is COc1ccc(OC)c(-c2cccc3c2NC(C)(C)C=C3CSCCc2ccccc2)c1.